The molecule has 4 nitrogen and oxygen atoms in total. The first-order chi connectivity index (χ1) is 9.67. The highest BCUT2D eigenvalue weighted by Crippen LogP contribution is 2.17. The summed E-state index contributed by atoms with van der Waals surface area (Å²) in [4.78, 5) is 11.9. The Kier molecular flexibility index (Phi) is 3.06. The zero-order valence-electron chi connectivity index (χ0n) is 11.4. The normalized spacial score (nSPS) is 10.9. The summed E-state index contributed by atoms with van der Waals surface area (Å²) in [5.41, 5.74) is 3.54. The first kappa shape index (κ1) is 12.5. The lowest BCUT2D eigenvalue weighted by atomic mass is 10.2. The van der Waals surface area contributed by atoms with E-state index in [2.05, 4.69) is 0 Å². The Bertz CT molecular complexity index is 797. The van der Waals surface area contributed by atoms with Gasteiger partial charge in [-0.3, -0.25) is 4.57 Å². The van der Waals surface area contributed by atoms with E-state index in [1.807, 2.05) is 49.4 Å². The number of hydrogen-bond acceptors (Lipinski definition) is 3. The van der Waals surface area contributed by atoms with Crippen molar-refractivity contribution in [1.29, 1.82) is 0 Å². The van der Waals surface area contributed by atoms with E-state index in [9.17, 15) is 4.79 Å². The van der Waals surface area contributed by atoms with Gasteiger partial charge in [0.2, 0.25) is 0 Å². The molecule has 1 aromatic heterocycles. The SMILES string of the molecule is COc1ccc(Cn2c(=O)oc3cc(C)ccc32)cc1. The van der Waals surface area contributed by atoms with Crippen molar-refractivity contribution < 1.29 is 9.15 Å². The predicted molar refractivity (Wildman–Crippen MR) is 77.3 cm³/mol. The van der Waals surface area contributed by atoms with Crippen molar-refractivity contribution in [3.63, 3.8) is 0 Å². The molecule has 0 aliphatic heterocycles. The summed E-state index contributed by atoms with van der Waals surface area (Å²) in [6.45, 7) is 2.46. The van der Waals surface area contributed by atoms with E-state index in [0.717, 1.165) is 22.4 Å². The maximum Gasteiger partial charge on any atom is 0.420 e. The van der Waals surface area contributed by atoms with Crippen molar-refractivity contribution in [3.05, 3.63) is 64.1 Å². The van der Waals surface area contributed by atoms with Crippen molar-refractivity contribution in [3.8, 4) is 5.75 Å². The number of oxazole rings is 1. The van der Waals surface area contributed by atoms with E-state index in [4.69, 9.17) is 9.15 Å². The van der Waals surface area contributed by atoms with Crippen LogP contribution in [0.1, 0.15) is 11.1 Å². The van der Waals surface area contributed by atoms with Crippen LogP contribution in [0.2, 0.25) is 0 Å². The second-order valence-corrected chi connectivity index (χ2v) is 4.77. The average Bonchev–Trinajstić information content (AvgIpc) is 2.75. The van der Waals surface area contributed by atoms with E-state index in [1.54, 1.807) is 11.7 Å². The van der Waals surface area contributed by atoms with E-state index in [-0.39, 0.29) is 5.76 Å². The van der Waals surface area contributed by atoms with Crippen LogP contribution in [0.3, 0.4) is 0 Å². The minimum atomic E-state index is -0.332. The van der Waals surface area contributed by atoms with E-state index >= 15 is 0 Å². The van der Waals surface area contributed by atoms with Gasteiger partial charge in [-0.1, -0.05) is 18.2 Å². The van der Waals surface area contributed by atoms with Gasteiger partial charge < -0.3 is 9.15 Å². The highest BCUT2D eigenvalue weighted by Gasteiger charge is 2.09. The van der Waals surface area contributed by atoms with Crippen LogP contribution in [0, 0.1) is 6.92 Å². The summed E-state index contributed by atoms with van der Waals surface area (Å²) in [5, 5.41) is 0. The fraction of sp³-hybridized carbons (Fsp3) is 0.188. The Balaban J connectivity index is 2.01. The van der Waals surface area contributed by atoms with Crippen molar-refractivity contribution in [1.82, 2.24) is 4.57 Å². The molecule has 0 amide bonds. The van der Waals surface area contributed by atoms with Crippen LogP contribution in [-0.2, 0) is 6.54 Å². The molecule has 0 unspecified atom stereocenters. The number of aromatic nitrogens is 1. The maximum absolute atomic E-state index is 11.9. The number of rotatable bonds is 3. The number of benzene rings is 2. The fourth-order valence-corrected chi connectivity index (χ4v) is 2.24. The number of aryl methyl sites for hydroxylation is 1. The number of methoxy groups -OCH3 is 1. The average molecular weight is 269 g/mol. The largest absolute Gasteiger partial charge is 0.497 e. The standard InChI is InChI=1S/C16H15NO3/c1-11-3-8-14-15(9-11)20-16(18)17(14)10-12-4-6-13(19-2)7-5-12/h3-9H,10H2,1-2H3. The van der Waals surface area contributed by atoms with E-state index in [0.29, 0.717) is 12.1 Å². The van der Waals surface area contributed by atoms with Crippen LogP contribution in [0.15, 0.2) is 51.7 Å². The van der Waals surface area contributed by atoms with Crippen molar-refractivity contribution >= 4 is 11.1 Å². The molecule has 0 atom stereocenters. The van der Waals surface area contributed by atoms with Crippen LogP contribution >= 0.6 is 0 Å². The summed E-state index contributed by atoms with van der Waals surface area (Å²) in [7, 11) is 1.63. The lowest BCUT2D eigenvalue weighted by molar-refractivity contribution is 0.414. The monoisotopic (exact) mass is 269 g/mol. The Hall–Kier alpha value is -2.49. The van der Waals surface area contributed by atoms with Gasteiger partial charge in [0.1, 0.15) is 5.75 Å². The van der Waals surface area contributed by atoms with Crippen LogP contribution in [0.5, 0.6) is 5.75 Å². The molecule has 0 saturated carbocycles. The number of hydrogen-bond donors (Lipinski definition) is 0. The molecule has 0 spiro atoms. The molecule has 0 bridgehead atoms. The molecule has 0 aliphatic rings. The molecule has 2 aromatic carbocycles. The highest BCUT2D eigenvalue weighted by atomic mass is 16.5. The molecule has 3 aromatic rings. The lowest BCUT2D eigenvalue weighted by Crippen LogP contribution is -2.14. The fourth-order valence-electron chi connectivity index (χ4n) is 2.24. The number of fused-ring (bicyclic) bond motifs is 1. The van der Waals surface area contributed by atoms with Gasteiger partial charge in [0, 0.05) is 0 Å². The van der Waals surface area contributed by atoms with Crippen LogP contribution in [0.4, 0.5) is 0 Å². The molecule has 3 rings (SSSR count). The van der Waals surface area contributed by atoms with Gasteiger partial charge in [0.15, 0.2) is 5.58 Å². The van der Waals surface area contributed by atoms with Crippen molar-refractivity contribution in [2.75, 3.05) is 7.11 Å². The number of nitrogens with zero attached hydrogens (tertiary/aromatic N) is 1. The third-order valence-corrected chi connectivity index (χ3v) is 3.32. The quantitative estimate of drug-likeness (QED) is 0.734. The third-order valence-electron chi connectivity index (χ3n) is 3.32. The van der Waals surface area contributed by atoms with E-state index < -0.39 is 0 Å². The summed E-state index contributed by atoms with van der Waals surface area (Å²) in [6, 6.07) is 13.4. The molecule has 0 fully saturated rings. The van der Waals surface area contributed by atoms with Crippen molar-refractivity contribution in [2.24, 2.45) is 0 Å². The van der Waals surface area contributed by atoms with Gasteiger partial charge in [-0.15, -0.1) is 0 Å². The summed E-state index contributed by atoms with van der Waals surface area (Å²) in [6.07, 6.45) is 0. The van der Waals surface area contributed by atoms with Crippen LogP contribution < -0.4 is 10.5 Å². The molecule has 4 heteroatoms. The zero-order valence-corrected chi connectivity index (χ0v) is 11.4. The predicted octanol–water partition coefficient (Wildman–Crippen LogP) is 2.96. The van der Waals surface area contributed by atoms with Crippen LogP contribution in [0.25, 0.3) is 11.1 Å². The molecule has 102 valence electrons. The minimum absolute atomic E-state index is 0.332. The topological polar surface area (TPSA) is 44.4 Å². The van der Waals surface area contributed by atoms with Gasteiger partial charge >= 0.3 is 5.76 Å². The first-order valence-electron chi connectivity index (χ1n) is 6.40. The summed E-state index contributed by atoms with van der Waals surface area (Å²) >= 11 is 0. The molecular formula is C16H15NO3. The molecule has 0 saturated heterocycles. The first-order valence-corrected chi connectivity index (χ1v) is 6.40. The Labute approximate surface area is 116 Å². The molecule has 0 N–H and O–H groups in total. The van der Waals surface area contributed by atoms with Gasteiger partial charge in [0.25, 0.3) is 0 Å². The smallest absolute Gasteiger partial charge is 0.420 e. The Morgan fingerprint density at radius 3 is 2.60 bits per heavy atom. The summed E-state index contributed by atoms with van der Waals surface area (Å²) in [5.74, 6) is 0.468. The molecular weight excluding hydrogens is 254 g/mol. The maximum atomic E-state index is 11.9. The minimum Gasteiger partial charge on any atom is -0.497 e. The van der Waals surface area contributed by atoms with E-state index in [1.165, 1.54) is 0 Å². The number of ether oxygens (including phenoxy) is 1. The summed E-state index contributed by atoms with van der Waals surface area (Å²) < 4.78 is 12.0. The van der Waals surface area contributed by atoms with Crippen molar-refractivity contribution in [2.45, 2.75) is 13.5 Å². The molecule has 0 aliphatic carbocycles. The zero-order chi connectivity index (χ0) is 14.1. The van der Waals surface area contributed by atoms with Gasteiger partial charge in [-0.25, -0.2) is 4.79 Å². The Morgan fingerprint density at radius 2 is 1.90 bits per heavy atom. The van der Waals surface area contributed by atoms with Gasteiger partial charge in [-0.05, 0) is 42.3 Å². The molecule has 0 radical (unpaired) electrons. The van der Waals surface area contributed by atoms with Gasteiger partial charge in [0.05, 0.1) is 19.2 Å². The Morgan fingerprint density at radius 1 is 1.15 bits per heavy atom. The third kappa shape index (κ3) is 2.20. The van der Waals surface area contributed by atoms with Crippen LogP contribution in [-0.4, -0.2) is 11.7 Å². The second kappa shape index (κ2) is 4.89. The highest BCUT2D eigenvalue weighted by molar-refractivity contribution is 5.73. The van der Waals surface area contributed by atoms with Gasteiger partial charge in [-0.2, -0.15) is 0 Å². The molecule has 1 heterocycles. The second-order valence-electron chi connectivity index (χ2n) is 4.77. The lowest BCUT2D eigenvalue weighted by Gasteiger charge is -2.04. The molecule has 20 heavy (non-hydrogen) atoms.